The third-order valence-corrected chi connectivity index (χ3v) is 3.97. The van der Waals surface area contributed by atoms with Crippen LogP contribution in [0.15, 0.2) is 59.0 Å². The monoisotopic (exact) mass is 372 g/mol. The molecule has 0 spiro atoms. The van der Waals surface area contributed by atoms with Gasteiger partial charge in [-0.2, -0.15) is 0 Å². The van der Waals surface area contributed by atoms with Gasteiger partial charge in [-0.1, -0.05) is 17.7 Å². The van der Waals surface area contributed by atoms with Crippen LogP contribution in [0.25, 0.3) is 11.3 Å². The van der Waals surface area contributed by atoms with Gasteiger partial charge in [0.15, 0.2) is 0 Å². The number of aliphatic hydroxyl groups excluding tert-OH is 1. The number of halogens is 1. The fourth-order valence-corrected chi connectivity index (χ4v) is 2.51. The van der Waals surface area contributed by atoms with Crippen LogP contribution in [0.5, 0.6) is 0 Å². The number of hydrogen-bond donors (Lipinski definition) is 2. The lowest BCUT2D eigenvalue weighted by Gasteiger charge is -2.09. The summed E-state index contributed by atoms with van der Waals surface area (Å²) in [6, 6.07) is 13.7. The van der Waals surface area contributed by atoms with E-state index in [2.05, 4.69) is 5.32 Å². The third kappa shape index (κ3) is 3.74. The van der Waals surface area contributed by atoms with Gasteiger partial charge in [0.25, 0.3) is 11.6 Å². The van der Waals surface area contributed by atoms with Crippen molar-refractivity contribution in [1.29, 1.82) is 0 Å². The molecular weight excluding hydrogens is 360 g/mol. The highest BCUT2D eigenvalue weighted by molar-refractivity contribution is 6.34. The molecule has 0 atom stereocenters. The van der Waals surface area contributed by atoms with Gasteiger partial charge in [-0.25, -0.2) is 0 Å². The molecule has 2 aromatic carbocycles. The van der Waals surface area contributed by atoms with Crippen LogP contribution in [0.4, 0.5) is 11.4 Å². The number of benzene rings is 2. The highest BCUT2D eigenvalue weighted by Crippen LogP contribution is 2.30. The van der Waals surface area contributed by atoms with Crippen LogP contribution < -0.4 is 5.32 Å². The van der Waals surface area contributed by atoms with Crippen molar-refractivity contribution in [3.05, 3.63) is 81.1 Å². The van der Waals surface area contributed by atoms with Gasteiger partial charge in [0.2, 0.25) is 0 Å². The van der Waals surface area contributed by atoms with E-state index >= 15 is 0 Å². The maximum absolute atomic E-state index is 12.4. The van der Waals surface area contributed by atoms with E-state index in [-0.39, 0.29) is 17.9 Å². The van der Waals surface area contributed by atoms with Crippen molar-refractivity contribution >= 4 is 28.9 Å². The summed E-state index contributed by atoms with van der Waals surface area (Å²) in [6.07, 6.45) is 0. The summed E-state index contributed by atoms with van der Waals surface area (Å²) in [7, 11) is 0. The number of nitrogens with one attached hydrogen (secondary N) is 1. The Hall–Kier alpha value is -3.16. The van der Waals surface area contributed by atoms with Crippen molar-refractivity contribution in [3.63, 3.8) is 0 Å². The summed E-state index contributed by atoms with van der Waals surface area (Å²) in [5.74, 6) is 0.400. The largest absolute Gasteiger partial charge is 0.459 e. The van der Waals surface area contributed by atoms with Gasteiger partial charge in [-0.3, -0.25) is 14.9 Å². The standard InChI is InChI=1S/C18H13ClN2O5/c19-15-6-4-11(17-7-5-14(10-22)26-17)9-16(15)20-18(23)12-2-1-3-13(8-12)21(24)25/h1-9,22H,10H2,(H,20,23). The molecule has 0 bridgehead atoms. The van der Waals surface area contributed by atoms with Crippen LogP contribution in [-0.4, -0.2) is 15.9 Å². The van der Waals surface area contributed by atoms with Crippen molar-refractivity contribution in [3.8, 4) is 11.3 Å². The molecule has 0 aliphatic carbocycles. The average Bonchev–Trinajstić information content (AvgIpc) is 3.12. The molecule has 0 saturated heterocycles. The Morgan fingerprint density at radius 2 is 2.00 bits per heavy atom. The highest BCUT2D eigenvalue weighted by Gasteiger charge is 2.14. The van der Waals surface area contributed by atoms with Gasteiger partial charge >= 0.3 is 0 Å². The minimum absolute atomic E-state index is 0.140. The predicted molar refractivity (Wildman–Crippen MR) is 96.1 cm³/mol. The number of carbonyl (C=O) groups is 1. The third-order valence-electron chi connectivity index (χ3n) is 3.64. The second-order valence-electron chi connectivity index (χ2n) is 5.38. The Labute approximate surface area is 153 Å². The van der Waals surface area contributed by atoms with Gasteiger partial charge in [-0.15, -0.1) is 0 Å². The van der Waals surface area contributed by atoms with Crippen molar-refractivity contribution < 1.29 is 19.2 Å². The molecule has 7 nitrogen and oxygen atoms in total. The summed E-state index contributed by atoms with van der Waals surface area (Å²) in [4.78, 5) is 22.7. The molecule has 26 heavy (non-hydrogen) atoms. The molecule has 1 amide bonds. The van der Waals surface area contributed by atoms with Crippen molar-refractivity contribution in [2.24, 2.45) is 0 Å². The number of non-ortho nitro benzene ring substituents is 1. The highest BCUT2D eigenvalue weighted by atomic mass is 35.5. The number of carbonyl (C=O) groups excluding carboxylic acids is 1. The molecule has 2 N–H and O–H groups in total. The molecule has 0 unspecified atom stereocenters. The Morgan fingerprint density at radius 1 is 1.19 bits per heavy atom. The first-order valence-electron chi connectivity index (χ1n) is 7.53. The molecule has 0 radical (unpaired) electrons. The molecule has 1 aromatic heterocycles. The SMILES string of the molecule is O=C(Nc1cc(-c2ccc(CO)o2)ccc1Cl)c1cccc([N+](=O)[O-])c1. The first-order valence-corrected chi connectivity index (χ1v) is 7.91. The van der Waals surface area contributed by atoms with E-state index in [1.54, 1.807) is 30.3 Å². The van der Waals surface area contributed by atoms with Gasteiger partial charge in [0.1, 0.15) is 18.1 Å². The van der Waals surface area contributed by atoms with Crippen LogP contribution in [0.1, 0.15) is 16.1 Å². The van der Waals surface area contributed by atoms with Crippen LogP contribution in [0, 0.1) is 10.1 Å². The maximum atomic E-state index is 12.4. The number of amides is 1. The van der Waals surface area contributed by atoms with Gasteiger partial charge in [0.05, 0.1) is 15.6 Å². The van der Waals surface area contributed by atoms with Gasteiger partial charge in [-0.05, 0) is 36.4 Å². The number of nitro benzene ring substituents is 1. The number of rotatable bonds is 5. The molecule has 0 fully saturated rings. The molecule has 0 saturated carbocycles. The predicted octanol–water partition coefficient (Wildman–Crippen LogP) is 4.25. The number of anilines is 1. The zero-order chi connectivity index (χ0) is 18.7. The topological polar surface area (TPSA) is 106 Å². The molecule has 3 rings (SSSR count). The summed E-state index contributed by atoms with van der Waals surface area (Å²) >= 11 is 6.14. The minimum Gasteiger partial charge on any atom is -0.459 e. The number of nitro groups is 1. The number of furan rings is 1. The Morgan fingerprint density at radius 3 is 2.69 bits per heavy atom. The quantitative estimate of drug-likeness (QED) is 0.514. The first kappa shape index (κ1) is 17.7. The zero-order valence-corrected chi connectivity index (χ0v) is 14.1. The molecular formula is C18H13ClN2O5. The molecule has 1 heterocycles. The summed E-state index contributed by atoms with van der Waals surface area (Å²) in [5, 5.41) is 22.9. The van der Waals surface area contributed by atoms with Crippen LogP contribution in [0.2, 0.25) is 5.02 Å². The number of nitrogens with zero attached hydrogens (tertiary/aromatic N) is 1. The second-order valence-corrected chi connectivity index (χ2v) is 5.79. The van der Waals surface area contributed by atoms with E-state index in [9.17, 15) is 14.9 Å². The molecule has 8 heteroatoms. The van der Waals surface area contributed by atoms with E-state index in [0.29, 0.717) is 27.8 Å². The van der Waals surface area contributed by atoms with E-state index in [1.807, 2.05) is 0 Å². The average molecular weight is 373 g/mol. The lowest BCUT2D eigenvalue weighted by molar-refractivity contribution is -0.384. The second kappa shape index (κ2) is 7.38. The number of aliphatic hydroxyl groups is 1. The summed E-state index contributed by atoms with van der Waals surface area (Å²) in [6.45, 7) is -0.218. The molecule has 3 aromatic rings. The van der Waals surface area contributed by atoms with Crippen LogP contribution >= 0.6 is 11.6 Å². The summed E-state index contributed by atoms with van der Waals surface area (Å²) < 4.78 is 5.46. The van der Waals surface area contributed by atoms with E-state index in [1.165, 1.54) is 24.3 Å². The van der Waals surface area contributed by atoms with Crippen molar-refractivity contribution in [2.75, 3.05) is 5.32 Å². The van der Waals surface area contributed by atoms with E-state index in [4.69, 9.17) is 21.1 Å². The lowest BCUT2D eigenvalue weighted by atomic mass is 10.1. The Bertz CT molecular complexity index is 983. The fourth-order valence-electron chi connectivity index (χ4n) is 2.35. The fraction of sp³-hybridized carbons (Fsp3) is 0.0556. The normalized spacial score (nSPS) is 10.5. The lowest BCUT2D eigenvalue weighted by Crippen LogP contribution is -2.12. The number of hydrogen-bond acceptors (Lipinski definition) is 5. The zero-order valence-electron chi connectivity index (χ0n) is 13.3. The minimum atomic E-state index is -0.569. The Kier molecular flexibility index (Phi) is 5.01. The van der Waals surface area contributed by atoms with Gasteiger partial charge < -0.3 is 14.8 Å². The maximum Gasteiger partial charge on any atom is 0.270 e. The smallest absolute Gasteiger partial charge is 0.270 e. The van der Waals surface area contributed by atoms with E-state index in [0.717, 1.165) is 0 Å². The Balaban J connectivity index is 1.87. The summed E-state index contributed by atoms with van der Waals surface area (Å²) in [5.41, 5.74) is 0.955. The van der Waals surface area contributed by atoms with Crippen LogP contribution in [-0.2, 0) is 6.61 Å². The van der Waals surface area contributed by atoms with Gasteiger partial charge in [0, 0.05) is 23.3 Å². The molecule has 132 valence electrons. The first-order chi connectivity index (χ1) is 12.5. The molecule has 0 aliphatic rings. The van der Waals surface area contributed by atoms with Crippen molar-refractivity contribution in [1.82, 2.24) is 0 Å². The van der Waals surface area contributed by atoms with Crippen molar-refractivity contribution in [2.45, 2.75) is 6.61 Å². The van der Waals surface area contributed by atoms with Crippen LogP contribution in [0.3, 0.4) is 0 Å². The van der Waals surface area contributed by atoms with E-state index < -0.39 is 10.8 Å². The molecule has 0 aliphatic heterocycles.